The van der Waals surface area contributed by atoms with E-state index in [9.17, 15) is 17.6 Å². The highest BCUT2D eigenvalue weighted by Crippen LogP contribution is 2.33. The Morgan fingerprint density at radius 2 is 1.84 bits per heavy atom. The Bertz CT molecular complexity index is 656. The van der Waals surface area contributed by atoms with Gasteiger partial charge in [-0.3, -0.25) is 0 Å². The summed E-state index contributed by atoms with van der Waals surface area (Å²) in [4.78, 5) is 3.86. The van der Waals surface area contributed by atoms with Crippen LogP contribution in [0.4, 0.5) is 17.6 Å². The summed E-state index contributed by atoms with van der Waals surface area (Å²) < 4.78 is 50.9. The van der Waals surface area contributed by atoms with Crippen molar-refractivity contribution < 1.29 is 17.6 Å². The molecule has 0 saturated heterocycles. The molecule has 2 nitrogen and oxygen atoms in total. The molecule has 1 heterocycles. The van der Waals surface area contributed by atoms with E-state index in [4.69, 9.17) is 5.26 Å². The Morgan fingerprint density at radius 1 is 1.11 bits per heavy atom. The highest BCUT2D eigenvalue weighted by molar-refractivity contribution is 5.61. The van der Waals surface area contributed by atoms with E-state index in [0.29, 0.717) is 6.07 Å². The van der Waals surface area contributed by atoms with Crippen LogP contribution in [0.15, 0.2) is 36.4 Å². The van der Waals surface area contributed by atoms with Crippen LogP contribution in [-0.4, -0.2) is 4.98 Å². The highest BCUT2D eigenvalue weighted by atomic mass is 19.4. The van der Waals surface area contributed by atoms with Crippen LogP contribution in [0.1, 0.15) is 11.3 Å². The molecule has 0 spiro atoms. The van der Waals surface area contributed by atoms with Crippen LogP contribution in [0.5, 0.6) is 0 Å². The number of hydrogen-bond donors (Lipinski definition) is 0. The molecule has 0 radical (unpaired) electrons. The average molecular weight is 266 g/mol. The number of alkyl halides is 3. The maximum absolute atomic E-state index is 13.1. The average Bonchev–Trinajstić information content (AvgIpc) is 2.38. The van der Waals surface area contributed by atoms with Crippen molar-refractivity contribution in [1.29, 1.82) is 5.26 Å². The van der Waals surface area contributed by atoms with E-state index in [1.807, 2.05) is 0 Å². The van der Waals surface area contributed by atoms with Crippen molar-refractivity contribution >= 4 is 0 Å². The minimum atomic E-state index is -4.77. The molecule has 0 aliphatic rings. The maximum atomic E-state index is 13.1. The van der Waals surface area contributed by atoms with Gasteiger partial charge in [0.05, 0.1) is 11.3 Å². The second-order valence-electron chi connectivity index (χ2n) is 3.71. The number of nitriles is 1. The van der Waals surface area contributed by atoms with Crippen molar-refractivity contribution in [2.24, 2.45) is 0 Å². The lowest BCUT2D eigenvalue weighted by Gasteiger charge is -2.09. The number of benzene rings is 1. The molecule has 0 amide bonds. The van der Waals surface area contributed by atoms with Crippen molar-refractivity contribution in [2.45, 2.75) is 6.18 Å². The standard InChI is InChI=1S/C13H6F4N2/c14-11-5-4-8(6-10(11)13(15,16)17)12-3-1-2-9(7-18)19-12/h1-6H. The number of pyridine rings is 1. The van der Waals surface area contributed by atoms with Crippen LogP contribution >= 0.6 is 0 Å². The van der Waals surface area contributed by atoms with Crippen LogP contribution in [0, 0.1) is 17.1 Å². The summed E-state index contributed by atoms with van der Waals surface area (Å²) in [5, 5.41) is 8.68. The second kappa shape index (κ2) is 4.69. The first kappa shape index (κ1) is 13.0. The van der Waals surface area contributed by atoms with E-state index in [1.54, 1.807) is 6.07 Å². The smallest absolute Gasteiger partial charge is 0.237 e. The van der Waals surface area contributed by atoms with Gasteiger partial charge in [0.1, 0.15) is 17.6 Å². The normalized spacial score (nSPS) is 11.1. The molecule has 0 aliphatic carbocycles. The van der Waals surface area contributed by atoms with E-state index in [2.05, 4.69) is 4.98 Å². The Hall–Kier alpha value is -2.42. The predicted molar refractivity (Wildman–Crippen MR) is 59.3 cm³/mol. The molecule has 0 aliphatic heterocycles. The third kappa shape index (κ3) is 2.71. The summed E-state index contributed by atoms with van der Waals surface area (Å²) in [6.07, 6.45) is -4.77. The van der Waals surface area contributed by atoms with Gasteiger partial charge in [0.25, 0.3) is 0 Å². The van der Waals surface area contributed by atoms with E-state index in [0.717, 1.165) is 6.07 Å². The molecule has 6 heteroatoms. The fourth-order valence-corrected chi connectivity index (χ4v) is 1.56. The molecule has 2 rings (SSSR count). The maximum Gasteiger partial charge on any atom is 0.419 e. The number of nitrogens with zero attached hydrogens (tertiary/aromatic N) is 2. The van der Waals surface area contributed by atoms with Crippen molar-refractivity contribution in [3.63, 3.8) is 0 Å². The third-order valence-corrected chi connectivity index (χ3v) is 2.43. The zero-order valence-electron chi connectivity index (χ0n) is 9.37. The topological polar surface area (TPSA) is 36.7 Å². The van der Waals surface area contributed by atoms with E-state index in [-0.39, 0.29) is 17.0 Å². The van der Waals surface area contributed by atoms with Gasteiger partial charge >= 0.3 is 6.18 Å². The second-order valence-corrected chi connectivity index (χ2v) is 3.71. The monoisotopic (exact) mass is 266 g/mol. The van der Waals surface area contributed by atoms with Gasteiger partial charge in [-0.2, -0.15) is 18.4 Å². The summed E-state index contributed by atoms with van der Waals surface area (Å²) in [5.41, 5.74) is -0.986. The molecule has 0 unspecified atom stereocenters. The first-order valence-electron chi connectivity index (χ1n) is 5.16. The van der Waals surface area contributed by atoms with Crippen LogP contribution in [0.25, 0.3) is 11.3 Å². The fourth-order valence-electron chi connectivity index (χ4n) is 1.56. The molecule has 0 atom stereocenters. The molecular weight excluding hydrogens is 260 g/mol. The Balaban J connectivity index is 2.55. The number of rotatable bonds is 1. The molecule has 0 saturated carbocycles. The first-order valence-corrected chi connectivity index (χ1v) is 5.16. The SMILES string of the molecule is N#Cc1cccc(-c2ccc(F)c(C(F)(F)F)c2)n1. The molecule has 2 aromatic rings. The summed E-state index contributed by atoms with van der Waals surface area (Å²) in [7, 11) is 0. The molecule has 1 aromatic carbocycles. The number of aromatic nitrogens is 1. The molecule has 0 N–H and O–H groups in total. The van der Waals surface area contributed by atoms with Crippen molar-refractivity contribution in [1.82, 2.24) is 4.98 Å². The lowest BCUT2D eigenvalue weighted by Crippen LogP contribution is -2.08. The van der Waals surface area contributed by atoms with Crippen LogP contribution in [-0.2, 0) is 6.18 Å². The van der Waals surface area contributed by atoms with Gasteiger partial charge in [-0.25, -0.2) is 9.37 Å². The lowest BCUT2D eigenvalue weighted by molar-refractivity contribution is -0.139. The first-order chi connectivity index (χ1) is 8.91. The minimum Gasteiger partial charge on any atom is -0.237 e. The Morgan fingerprint density at radius 3 is 2.47 bits per heavy atom. The Kier molecular flexibility index (Phi) is 3.21. The fraction of sp³-hybridized carbons (Fsp3) is 0.0769. The summed E-state index contributed by atoms with van der Waals surface area (Å²) in [6, 6.07) is 8.77. The van der Waals surface area contributed by atoms with Gasteiger partial charge in [0.15, 0.2) is 0 Å². The Labute approximate surface area is 105 Å². The predicted octanol–water partition coefficient (Wildman–Crippen LogP) is 3.78. The van der Waals surface area contributed by atoms with Gasteiger partial charge in [0.2, 0.25) is 0 Å². The largest absolute Gasteiger partial charge is 0.419 e. The zero-order chi connectivity index (χ0) is 14.0. The van der Waals surface area contributed by atoms with Gasteiger partial charge in [-0.05, 0) is 30.3 Å². The third-order valence-electron chi connectivity index (χ3n) is 2.43. The van der Waals surface area contributed by atoms with Crippen LogP contribution in [0.2, 0.25) is 0 Å². The molecule has 19 heavy (non-hydrogen) atoms. The van der Waals surface area contributed by atoms with E-state index < -0.39 is 17.6 Å². The minimum absolute atomic E-state index is 0.0791. The molecule has 0 fully saturated rings. The van der Waals surface area contributed by atoms with Crippen molar-refractivity contribution in [3.05, 3.63) is 53.5 Å². The zero-order valence-corrected chi connectivity index (χ0v) is 9.37. The van der Waals surface area contributed by atoms with Crippen molar-refractivity contribution in [3.8, 4) is 17.3 Å². The van der Waals surface area contributed by atoms with Gasteiger partial charge in [0, 0.05) is 5.56 Å². The van der Waals surface area contributed by atoms with Gasteiger partial charge < -0.3 is 0 Å². The molecular formula is C13H6F4N2. The summed E-state index contributed by atoms with van der Waals surface area (Å²) in [6.45, 7) is 0. The van der Waals surface area contributed by atoms with Gasteiger partial charge in [-0.15, -0.1) is 0 Å². The number of halogens is 4. The van der Waals surface area contributed by atoms with Crippen LogP contribution in [0.3, 0.4) is 0 Å². The molecule has 0 bridgehead atoms. The quantitative estimate of drug-likeness (QED) is 0.736. The molecule has 1 aromatic heterocycles. The van der Waals surface area contributed by atoms with E-state index in [1.165, 1.54) is 24.3 Å². The highest BCUT2D eigenvalue weighted by Gasteiger charge is 2.34. The van der Waals surface area contributed by atoms with E-state index >= 15 is 0 Å². The van der Waals surface area contributed by atoms with Crippen LogP contribution < -0.4 is 0 Å². The summed E-state index contributed by atoms with van der Waals surface area (Å²) in [5.74, 6) is -1.34. The number of hydrogen-bond acceptors (Lipinski definition) is 2. The van der Waals surface area contributed by atoms with Crippen molar-refractivity contribution in [2.75, 3.05) is 0 Å². The van der Waals surface area contributed by atoms with Gasteiger partial charge in [-0.1, -0.05) is 6.07 Å². The summed E-state index contributed by atoms with van der Waals surface area (Å²) >= 11 is 0. The molecule has 96 valence electrons. The lowest BCUT2D eigenvalue weighted by atomic mass is 10.1.